The van der Waals surface area contributed by atoms with E-state index in [2.05, 4.69) is 37.7 Å². The molecule has 0 amide bonds. The van der Waals surface area contributed by atoms with Crippen molar-refractivity contribution >= 4 is 36.0 Å². The molecule has 0 spiro atoms. The normalized spacial score (nSPS) is 39.9. The third-order valence-corrected chi connectivity index (χ3v) is 17.4. The quantitative estimate of drug-likeness (QED) is 0.732. The van der Waals surface area contributed by atoms with Crippen LogP contribution in [-0.2, 0) is 16.5 Å². The first-order valence-corrected chi connectivity index (χ1v) is 16.1. The molecule has 0 radical (unpaired) electrons. The van der Waals surface area contributed by atoms with Crippen LogP contribution in [0.2, 0.25) is 26.2 Å². The predicted octanol–water partition coefficient (Wildman–Crippen LogP) is 0.900. The van der Waals surface area contributed by atoms with Crippen molar-refractivity contribution in [1.29, 1.82) is 0 Å². The summed E-state index contributed by atoms with van der Waals surface area (Å²) < 4.78 is 24.8. The van der Waals surface area contributed by atoms with E-state index in [-0.39, 0.29) is 0 Å². The van der Waals surface area contributed by atoms with E-state index in [0.717, 1.165) is 0 Å². The van der Waals surface area contributed by atoms with Crippen LogP contribution in [0.3, 0.4) is 0 Å². The number of nitrogens with one attached hydrogen (secondary N) is 2. The topological polar surface area (TPSA) is 61.0 Å². The second-order valence-electron chi connectivity index (χ2n) is 6.10. The van der Waals surface area contributed by atoms with Crippen molar-refractivity contribution in [3.63, 3.8) is 0 Å². The van der Waals surface area contributed by atoms with Gasteiger partial charge in [-0.15, -0.1) is 0 Å². The Balaban J connectivity index is 2.82. The molecule has 0 atom stereocenters. The molecule has 1 aliphatic rings. The lowest BCUT2D eigenvalue weighted by Gasteiger charge is -2.42. The van der Waals surface area contributed by atoms with Gasteiger partial charge in [0.2, 0.25) is 0 Å². The molecule has 0 unspecified atom stereocenters. The summed E-state index contributed by atoms with van der Waals surface area (Å²) in [4.78, 5) is 6.91. The van der Waals surface area contributed by atoms with Crippen LogP contribution in [0.4, 0.5) is 0 Å². The minimum Gasteiger partial charge on any atom is -0.406 e. The first-order chi connectivity index (χ1) is 9.03. The summed E-state index contributed by atoms with van der Waals surface area (Å²) in [7, 11) is -8.37. The van der Waals surface area contributed by atoms with Crippen molar-refractivity contribution < 1.29 is 16.5 Å². The fourth-order valence-corrected chi connectivity index (χ4v) is 18.6. The van der Waals surface area contributed by atoms with Crippen molar-refractivity contribution in [1.82, 2.24) is 9.96 Å². The molecule has 0 aromatic heterocycles. The van der Waals surface area contributed by atoms with Gasteiger partial charge in [-0.1, -0.05) is 27.7 Å². The average Bonchev–Trinajstić information content (AvgIpc) is 2.08. The molecule has 0 saturated carbocycles. The van der Waals surface area contributed by atoms with Gasteiger partial charge in [0.15, 0.2) is 0 Å². The Labute approximate surface area is 128 Å². The maximum atomic E-state index is 6.21. The van der Waals surface area contributed by atoms with E-state index in [1.54, 1.807) is 0 Å². The van der Waals surface area contributed by atoms with Crippen LogP contribution in [0.5, 0.6) is 0 Å². The van der Waals surface area contributed by atoms with Gasteiger partial charge in [0.05, 0.1) is 0 Å². The van der Waals surface area contributed by atoms with Crippen LogP contribution in [0.1, 0.15) is 27.7 Å². The van der Waals surface area contributed by atoms with E-state index < -0.39 is 36.0 Å². The van der Waals surface area contributed by atoms with Crippen LogP contribution < -0.4 is 9.96 Å². The SMILES string of the molecule is CC(C)N[Si]1(C)O[SiH](C)O[Si](C)(NC(C)C)O[SiH](C)O1. The Kier molecular flexibility index (Phi) is 6.78. The molecule has 2 N–H and O–H groups in total. The van der Waals surface area contributed by atoms with Gasteiger partial charge in [-0.2, -0.15) is 0 Å². The third-order valence-electron chi connectivity index (χ3n) is 2.67. The maximum Gasteiger partial charge on any atom is 0.403 e. The standard InChI is InChI=1S/C10H30N2O4Si4/c1-9(2)11-19(7)13-17(5)15-20(8,12-10(3)4)16-18(6)14-19/h9-12,17-18H,1-8H3. The van der Waals surface area contributed by atoms with Gasteiger partial charge in [0, 0.05) is 0 Å². The van der Waals surface area contributed by atoms with Gasteiger partial charge in [-0.25, -0.2) is 0 Å². The molecule has 120 valence electrons. The van der Waals surface area contributed by atoms with Gasteiger partial charge in [0.25, 0.3) is 0 Å². The second-order valence-corrected chi connectivity index (χ2v) is 16.5. The Hall–Kier alpha value is 0.628. The van der Waals surface area contributed by atoms with Crippen molar-refractivity contribution in [3.8, 4) is 0 Å². The summed E-state index contributed by atoms with van der Waals surface area (Å²) >= 11 is 0. The molecule has 1 saturated heterocycles. The van der Waals surface area contributed by atoms with Gasteiger partial charge in [0.1, 0.15) is 0 Å². The molecule has 1 aliphatic heterocycles. The first-order valence-electron chi connectivity index (χ1n) is 7.30. The van der Waals surface area contributed by atoms with E-state index >= 15 is 0 Å². The Morgan fingerprint density at radius 3 is 1.15 bits per heavy atom. The highest BCUT2D eigenvalue weighted by atomic mass is 28.5. The Morgan fingerprint density at radius 2 is 0.950 bits per heavy atom. The summed E-state index contributed by atoms with van der Waals surface area (Å²) in [6.45, 7) is 16.6. The summed E-state index contributed by atoms with van der Waals surface area (Å²) in [5.74, 6) is 0. The molecule has 0 bridgehead atoms. The van der Waals surface area contributed by atoms with Gasteiger partial charge in [-0.3, -0.25) is 9.96 Å². The summed E-state index contributed by atoms with van der Waals surface area (Å²) in [5.41, 5.74) is 0. The number of rotatable bonds is 4. The number of hydrogen-bond donors (Lipinski definition) is 2. The number of hydrogen-bond acceptors (Lipinski definition) is 6. The minimum absolute atomic E-state index is 0.325. The molecule has 0 aromatic carbocycles. The Bertz CT molecular complexity index is 280. The van der Waals surface area contributed by atoms with Gasteiger partial charge >= 0.3 is 36.0 Å². The largest absolute Gasteiger partial charge is 0.406 e. The van der Waals surface area contributed by atoms with Crippen LogP contribution >= 0.6 is 0 Å². The van der Waals surface area contributed by atoms with Crippen molar-refractivity contribution in [2.45, 2.75) is 66.0 Å². The fraction of sp³-hybridized carbons (Fsp3) is 1.00. The smallest absolute Gasteiger partial charge is 0.403 e. The van der Waals surface area contributed by atoms with E-state index in [0.29, 0.717) is 12.1 Å². The van der Waals surface area contributed by atoms with Crippen molar-refractivity contribution in [3.05, 3.63) is 0 Å². The first kappa shape index (κ1) is 18.7. The summed E-state index contributed by atoms with van der Waals surface area (Å²) in [6, 6.07) is 0.650. The molecular weight excluding hydrogens is 324 g/mol. The average molecular weight is 355 g/mol. The van der Waals surface area contributed by atoms with Crippen molar-refractivity contribution in [2.24, 2.45) is 0 Å². The molecule has 0 aliphatic carbocycles. The molecule has 20 heavy (non-hydrogen) atoms. The van der Waals surface area contributed by atoms with E-state index in [1.807, 2.05) is 26.2 Å². The second kappa shape index (κ2) is 7.26. The van der Waals surface area contributed by atoms with E-state index in [1.165, 1.54) is 0 Å². The lowest BCUT2D eigenvalue weighted by Crippen LogP contribution is -2.68. The highest BCUT2D eigenvalue weighted by Gasteiger charge is 2.46. The maximum absolute atomic E-state index is 6.21. The summed E-state index contributed by atoms with van der Waals surface area (Å²) in [5, 5.41) is 0. The molecule has 0 aromatic rings. The molecule has 1 rings (SSSR count). The van der Waals surface area contributed by atoms with E-state index in [4.69, 9.17) is 16.5 Å². The van der Waals surface area contributed by atoms with E-state index in [9.17, 15) is 0 Å². The van der Waals surface area contributed by atoms with Crippen LogP contribution in [0.15, 0.2) is 0 Å². The van der Waals surface area contributed by atoms with Crippen molar-refractivity contribution in [2.75, 3.05) is 0 Å². The zero-order valence-electron chi connectivity index (χ0n) is 13.9. The fourth-order valence-electron chi connectivity index (χ4n) is 2.56. The molecule has 1 heterocycles. The lowest BCUT2D eigenvalue weighted by atomic mass is 10.4. The minimum atomic E-state index is -2.39. The molecule has 10 heteroatoms. The van der Waals surface area contributed by atoms with Crippen LogP contribution in [0.25, 0.3) is 0 Å². The zero-order chi connectivity index (χ0) is 15.6. The zero-order valence-corrected chi connectivity index (χ0v) is 18.3. The monoisotopic (exact) mass is 354 g/mol. The van der Waals surface area contributed by atoms with Gasteiger partial charge < -0.3 is 16.5 Å². The Morgan fingerprint density at radius 1 is 0.700 bits per heavy atom. The summed E-state index contributed by atoms with van der Waals surface area (Å²) in [6.07, 6.45) is 0. The van der Waals surface area contributed by atoms with Crippen LogP contribution in [-0.4, -0.2) is 48.1 Å². The predicted molar refractivity (Wildman–Crippen MR) is 90.1 cm³/mol. The highest BCUT2D eigenvalue weighted by Crippen LogP contribution is 2.19. The van der Waals surface area contributed by atoms with Crippen LogP contribution in [0, 0.1) is 0 Å². The third kappa shape index (κ3) is 6.17. The lowest BCUT2D eigenvalue weighted by molar-refractivity contribution is 0.238. The molecule has 6 nitrogen and oxygen atoms in total. The van der Waals surface area contributed by atoms with Gasteiger partial charge in [-0.05, 0) is 38.3 Å². The molecular formula is C10H30N2O4Si4. The highest BCUT2D eigenvalue weighted by molar-refractivity contribution is 6.83. The molecule has 1 fully saturated rings.